The molecule has 0 bridgehead atoms. The first-order valence-electron chi connectivity index (χ1n) is 7.79. The van der Waals surface area contributed by atoms with Gasteiger partial charge in [-0.15, -0.1) is 0 Å². The summed E-state index contributed by atoms with van der Waals surface area (Å²) in [6.45, 7) is 0.901. The average Bonchev–Trinajstić information content (AvgIpc) is 2.89. The number of rotatable bonds is 2. The Balaban J connectivity index is 1.68. The summed E-state index contributed by atoms with van der Waals surface area (Å²) in [5, 5.41) is 0. The van der Waals surface area contributed by atoms with Gasteiger partial charge in [-0.3, -0.25) is 4.79 Å². The zero-order valence-electron chi connectivity index (χ0n) is 12.8. The van der Waals surface area contributed by atoms with Crippen LogP contribution in [0.25, 0.3) is 0 Å². The van der Waals surface area contributed by atoms with Crippen LogP contribution in [0, 0.1) is 5.92 Å². The quantitative estimate of drug-likeness (QED) is 0.856. The number of amides is 1. The third-order valence-electron chi connectivity index (χ3n) is 4.52. The summed E-state index contributed by atoms with van der Waals surface area (Å²) in [6, 6.07) is 3.45. The molecule has 6 nitrogen and oxygen atoms in total. The van der Waals surface area contributed by atoms with E-state index >= 15 is 0 Å². The number of carbonyl (C=O) groups excluding carboxylic acids is 1. The average molecular weight is 325 g/mol. The Labute approximate surface area is 133 Å². The summed E-state index contributed by atoms with van der Waals surface area (Å²) < 4.78 is 26.6. The van der Waals surface area contributed by atoms with Crippen molar-refractivity contribution in [2.45, 2.75) is 25.2 Å². The van der Waals surface area contributed by atoms with Crippen LogP contribution in [0.5, 0.6) is 0 Å². The molecule has 1 amide bonds. The molecule has 0 radical (unpaired) electrons. The molecule has 2 aliphatic heterocycles. The topological polar surface area (TPSA) is 88.5 Å². The van der Waals surface area contributed by atoms with E-state index in [0.717, 1.165) is 13.0 Å². The van der Waals surface area contributed by atoms with Crippen LogP contribution in [-0.2, 0) is 4.79 Å². The second-order valence-corrected chi connectivity index (χ2v) is 6.29. The highest BCUT2D eigenvalue weighted by Gasteiger charge is 2.42. The van der Waals surface area contributed by atoms with E-state index in [1.807, 2.05) is 4.90 Å². The number of hydrogen-bond donors (Lipinski definition) is 2. The van der Waals surface area contributed by atoms with Gasteiger partial charge in [0.05, 0.1) is 18.2 Å². The number of alkyl halides is 2. The lowest BCUT2D eigenvalue weighted by Gasteiger charge is -2.34. The van der Waals surface area contributed by atoms with Crippen LogP contribution in [0.2, 0.25) is 0 Å². The van der Waals surface area contributed by atoms with Crippen LogP contribution < -0.4 is 16.4 Å². The highest BCUT2D eigenvalue weighted by atomic mass is 19.3. The fourth-order valence-corrected chi connectivity index (χ4v) is 3.22. The number of piperidine rings is 1. The zero-order valence-corrected chi connectivity index (χ0v) is 12.8. The van der Waals surface area contributed by atoms with Gasteiger partial charge in [0.1, 0.15) is 11.6 Å². The molecule has 2 aliphatic rings. The van der Waals surface area contributed by atoms with E-state index in [2.05, 4.69) is 4.98 Å². The van der Waals surface area contributed by atoms with Gasteiger partial charge in [-0.05, 0) is 25.0 Å². The maximum absolute atomic E-state index is 13.3. The van der Waals surface area contributed by atoms with E-state index < -0.39 is 12.5 Å². The Morgan fingerprint density at radius 2 is 2.09 bits per heavy atom. The molecule has 2 fully saturated rings. The van der Waals surface area contributed by atoms with Crippen LogP contribution in [0.15, 0.2) is 12.1 Å². The van der Waals surface area contributed by atoms with Crippen molar-refractivity contribution in [3.8, 4) is 0 Å². The van der Waals surface area contributed by atoms with E-state index in [4.69, 9.17) is 11.5 Å². The molecule has 1 atom stereocenters. The van der Waals surface area contributed by atoms with Gasteiger partial charge in [-0.1, -0.05) is 0 Å². The van der Waals surface area contributed by atoms with Crippen LogP contribution >= 0.6 is 0 Å². The summed E-state index contributed by atoms with van der Waals surface area (Å²) in [6.07, 6.45) is 1.28. The van der Waals surface area contributed by atoms with E-state index in [9.17, 15) is 13.6 Å². The Bertz CT molecular complexity index is 610. The molecule has 3 rings (SSSR count). The summed E-state index contributed by atoms with van der Waals surface area (Å²) in [4.78, 5) is 20.0. The number of aromatic nitrogens is 1. The second-order valence-electron chi connectivity index (χ2n) is 6.29. The predicted octanol–water partition coefficient (Wildman–Crippen LogP) is 1.33. The minimum Gasteiger partial charge on any atom is -0.396 e. The number of likely N-dealkylation sites (tertiary alicyclic amines) is 1. The van der Waals surface area contributed by atoms with Gasteiger partial charge >= 0.3 is 0 Å². The fraction of sp³-hybridized carbons (Fsp3) is 0.600. The van der Waals surface area contributed by atoms with Crippen molar-refractivity contribution in [3.63, 3.8) is 0 Å². The molecule has 3 heterocycles. The van der Waals surface area contributed by atoms with Gasteiger partial charge in [0.15, 0.2) is 0 Å². The van der Waals surface area contributed by atoms with Crippen molar-refractivity contribution >= 4 is 23.2 Å². The lowest BCUT2D eigenvalue weighted by atomic mass is 9.96. The van der Waals surface area contributed by atoms with Gasteiger partial charge in [0, 0.05) is 26.1 Å². The Kier molecular flexibility index (Phi) is 3.99. The first-order valence-corrected chi connectivity index (χ1v) is 7.79. The molecule has 0 saturated carbocycles. The molecule has 23 heavy (non-hydrogen) atoms. The molecule has 0 spiro atoms. The molecular formula is C15H21F2N5O. The standard InChI is InChI=1S/C15H21F2N5O/c16-15(17)5-7-22(9-15)14(23)10-2-1-6-21(8-10)12-4-3-11(18)13(19)20-12/h3-4,10H,1-2,5-9,18H2,(H2,19,20). The molecule has 1 aromatic heterocycles. The van der Waals surface area contributed by atoms with Gasteiger partial charge < -0.3 is 21.3 Å². The highest BCUT2D eigenvalue weighted by Crippen LogP contribution is 2.30. The number of anilines is 3. The molecule has 0 aliphatic carbocycles. The number of halogens is 2. The van der Waals surface area contributed by atoms with Crippen molar-refractivity contribution in [1.82, 2.24) is 9.88 Å². The molecule has 126 valence electrons. The fourth-order valence-electron chi connectivity index (χ4n) is 3.22. The second kappa shape index (κ2) is 5.82. The lowest BCUT2D eigenvalue weighted by molar-refractivity contribution is -0.136. The smallest absolute Gasteiger partial charge is 0.267 e. The first-order chi connectivity index (χ1) is 10.9. The summed E-state index contributed by atoms with van der Waals surface area (Å²) in [5.74, 6) is -2.29. The van der Waals surface area contributed by atoms with Crippen molar-refractivity contribution in [1.29, 1.82) is 0 Å². The lowest BCUT2D eigenvalue weighted by Crippen LogP contribution is -2.45. The van der Waals surface area contributed by atoms with E-state index in [-0.39, 0.29) is 30.6 Å². The largest absolute Gasteiger partial charge is 0.396 e. The van der Waals surface area contributed by atoms with Crippen molar-refractivity contribution in [2.24, 2.45) is 5.92 Å². The minimum absolute atomic E-state index is 0.134. The predicted molar refractivity (Wildman–Crippen MR) is 84.1 cm³/mol. The highest BCUT2D eigenvalue weighted by molar-refractivity contribution is 5.80. The normalized spacial score (nSPS) is 24.0. The monoisotopic (exact) mass is 325 g/mol. The van der Waals surface area contributed by atoms with Crippen molar-refractivity contribution < 1.29 is 13.6 Å². The van der Waals surface area contributed by atoms with Gasteiger partial charge in [0.25, 0.3) is 5.92 Å². The number of nitrogens with zero attached hydrogens (tertiary/aromatic N) is 3. The Morgan fingerprint density at radius 1 is 1.30 bits per heavy atom. The molecule has 8 heteroatoms. The van der Waals surface area contributed by atoms with Crippen LogP contribution in [0.1, 0.15) is 19.3 Å². The van der Waals surface area contributed by atoms with Crippen LogP contribution in [0.4, 0.5) is 26.1 Å². The van der Waals surface area contributed by atoms with E-state index in [1.54, 1.807) is 12.1 Å². The minimum atomic E-state index is -2.75. The summed E-state index contributed by atoms with van der Waals surface area (Å²) >= 11 is 0. The first kappa shape index (κ1) is 15.8. The van der Waals surface area contributed by atoms with Crippen LogP contribution in [0.3, 0.4) is 0 Å². The third kappa shape index (κ3) is 3.30. The molecular weight excluding hydrogens is 304 g/mol. The van der Waals surface area contributed by atoms with Gasteiger partial charge in [-0.25, -0.2) is 13.8 Å². The summed E-state index contributed by atoms with van der Waals surface area (Å²) in [5.41, 5.74) is 11.8. The maximum Gasteiger partial charge on any atom is 0.267 e. The number of nitrogen functional groups attached to an aromatic ring is 2. The van der Waals surface area contributed by atoms with Crippen molar-refractivity contribution in [3.05, 3.63) is 12.1 Å². The Morgan fingerprint density at radius 3 is 2.74 bits per heavy atom. The van der Waals surface area contributed by atoms with Crippen LogP contribution in [-0.4, -0.2) is 47.9 Å². The molecule has 2 saturated heterocycles. The van der Waals surface area contributed by atoms with Gasteiger partial charge in [0.2, 0.25) is 5.91 Å². The molecule has 1 unspecified atom stereocenters. The molecule has 0 aromatic carbocycles. The zero-order chi connectivity index (χ0) is 16.6. The van der Waals surface area contributed by atoms with Crippen molar-refractivity contribution in [2.75, 3.05) is 42.5 Å². The Hall–Kier alpha value is -2.12. The number of carbonyl (C=O) groups is 1. The maximum atomic E-state index is 13.3. The van der Waals surface area contributed by atoms with E-state index in [0.29, 0.717) is 24.5 Å². The number of nitrogens with two attached hydrogens (primary N) is 2. The third-order valence-corrected chi connectivity index (χ3v) is 4.52. The summed E-state index contributed by atoms with van der Waals surface area (Å²) in [7, 11) is 0. The SMILES string of the molecule is Nc1ccc(N2CCCC(C(=O)N3CCC(F)(F)C3)C2)nc1N. The van der Waals surface area contributed by atoms with Gasteiger partial charge in [-0.2, -0.15) is 0 Å². The molecule has 4 N–H and O–H groups in total. The molecule has 1 aromatic rings. The number of pyridine rings is 1. The van der Waals surface area contributed by atoms with E-state index in [1.165, 1.54) is 4.90 Å². The number of hydrogen-bond acceptors (Lipinski definition) is 5.